The van der Waals surface area contributed by atoms with Crippen LogP contribution in [-0.4, -0.2) is 19.9 Å². The van der Waals surface area contributed by atoms with Crippen molar-refractivity contribution in [2.75, 3.05) is 0 Å². The van der Waals surface area contributed by atoms with Crippen molar-refractivity contribution in [3.05, 3.63) is 42.5 Å². The van der Waals surface area contributed by atoms with Gasteiger partial charge >= 0.3 is 0 Å². The van der Waals surface area contributed by atoms with E-state index >= 15 is 0 Å². The third-order valence-corrected chi connectivity index (χ3v) is 1.52. The zero-order chi connectivity index (χ0) is 8.23. The summed E-state index contributed by atoms with van der Waals surface area (Å²) >= 11 is 0. The number of nitrogens with zero attached hydrogens (tertiary/aromatic N) is 3. The second-order valence-electron chi connectivity index (χ2n) is 2.41. The number of hydrogen-bond acceptors (Lipinski definition) is 3. The Hall–Kier alpha value is -1.71. The molecule has 2 aromatic rings. The van der Waals surface area contributed by atoms with Crippen LogP contribution >= 0.6 is 0 Å². The Morgan fingerprint density at radius 1 is 1.17 bits per heavy atom. The molecule has 1 N–H and O–H groups in total. The van der Waals surface area contributed by atoms with Gasteiger partial charge in [0.05, 0.1) is 5.69 Å². The largest absolute Gasteiger partial charge is 0.348 e. The number of hydrogen-bond donors (Lipinski definition) is 1. The van der Waals surface area contributed by atoms with Crippen LogP contribution in [0.25, 0.3) is 0 Å². The summed E-state index contributed by atoms with van der Waals surface area (Å²) < 4.78 is 0. The van der Waals surface area contributed by atoms with E-state index in [9.17, 15) is 0 Å². The van der Waals surface area contributed by atoms with Gasteiger partial charge in [-0.05, 0) is 0 Å². The molecular formula is C8H8N4. The summed E-state index contributed by atoms with van der Waals surface area (Å²) in [6.07, 6.45) is 9.31. The van der Waals surface area contributed by atoms with Gasteiger partial charge in [-0.25, -0.2) is 4.98 Å². The predicted octanol–water partition coefficient (Wildman–Crippen LogP) is 0.790. The Kier molecular flexibility index (Phi) is 1.82. The van der Waals surface area contributed by atoms with Crippen LogP contribution in [0, 0.1) is 0 Å². The smallest absolute Gasteiger partial charge is 0.112 e. The number of rotatable bonds is 2. The van der Waals surface area contributed by atoms with Gasteiger partial charge in [-0.2, -0.15) is 0 Å². The summed E-state index contributed by atoms with van der Waals surface area (Å²) in [5.74, 6) is 0.913. The van der Waals surface area contributed by atoms with E-state index in [0.29, 0.717) is 6.42 Å². The molecule has 0 aliphatic carbocycles. The van der Waals surface area contributed by atoms with E-state index in [1.165, 1.54) is 0 Å². The van der Waals surface area contributed by atoms with Crippen LogP contribution in [-0.2, 0) is 6.42 Å². The molecule has 0 atom stereocenters. The summed E-state index contributed by atoms with van der Waals surface area (Å²) in [6.45, 7) is 0. The van der Waals surface area contributed by atoms with Crippen LogP contribution in [0.2, 0.25) is 0 Å². The third-order valence-electron chi connectivity index (χ3n) is 1.52. The summed E-state index contributed by atoms with van der Waals surface area (Å²) in [5, 5.41) is 0. The maximum Gasteiger partial charge on any atom is 0.112 e. The van der Waals surface area contributed by atoms with E-state index in [0.717, 1.165) is 11.5 Å². The van der Waals surface area contributed by atoms with Gasteiger partial charge in [-0.1, -0.05) is 0 Å². The van der Waals surface area contributed by atoms with Crippen LogP contribution in [0.4, 0.5) is 0 Å². The first-order valence-corrected chi connectivity index (χ1v) is 3.68. The number of aromatic nitrogens is 4. The first kappa shape index (κ1) is 6.97. The Morgan fingerprint density at radius 3 is 2.83 bits per heavy atom. The maximum atomic E-state index is 4.13. The minimum Gasteiger partial charge on any atom is -0.348 e. The van der Waals surface area contributed by atoms with Crippen molar-refractivity contribution in [2.45, 2.75) is 6.42 Å². The van der Waals surface area contributed by atoms with Gasteiger partial charge in [0.2, 0.25) is 0 Å². The van der Waals surface area contributed by atoms with E-state index in [1.807, 2.05) is 0 Å². The average Bonchev–Trinajstić information content (AvgIpc) is 2.59. The van der Waals surface area contributed by atoms with Gasteiger partial charge < -0.3 is 4.98 Å². The van der Waals surface area contributed by atoms with Crippen molar-refractivity contribution in [2.24, 2.45) is 0 Å². The fraction of sp³-hybridized carbons (Fsp3) is 0.125. The van der Waals surface area contributed by atoms with Gasteiger partial charge in [0, 0.05) is 37.4 Å². The molecule has 0 fully saturated rings. The first-order chi connectivity index (χ1) is 5.95. The molecule has 0 amide bonds. The summed E-state index contributed by atoms with van der Waals surface area (Å²) in [6, 6.07) is 0. The molecule has 4 heteroatoms. The lowest BCUT2D eigenvalue weighted by atomic mass is 10.3. The van der Waals surface area contributed by atoms with Crippen molar-refractivity contribution in [3.8, 4) is 0 Å². The van der Waals surface area contributed by atoms with E-state index in [1.54, 1.807) is 31.0 Å². The van der Waals surface area contributed by atoms with E-state index in [-0.39, 0.29) is 0 Å². The second-order valence-corrected chi connectivity index (χ2v) is 2.41. The summed E-state index contributed by atoms with van der Waals surface area (Å²) in [7, 11) is 0. The zero-order valence-corrected chi connectivity index (χ0v) is 6.44. The minimum atomic E-state index is 0.709. The maximum absolute atomic E-state index is 4.13. The first-order valence-electron chi connectivity index (χ1n) is 3.68. The minimum absolute atomic E-state index is 0.709. The number of imidazole rings is 1. The van der Waals surface area contributed by atoms with Gasteiger partial charge in [-0.3, -0.25) is 9.97 Å². The van der Waals surface area contributed by atoms with Gasteiger partial charge in [0.25, 0.3) is 0 Å². The molecule has 0 spiro atoms. The van der Waals surface area contributed by atoms with E-state index in [4.69, 9.17) is 0 Å². The van der Waals surface area contributed by atoms with Gasteiger partial charge in [-0.15, -0.1) is 0 Å². The Labute approximate surface area is 69.7 Å². The van der Waals surface area contributed by atoms with E-state index < -0.39 is 0 Å². The Bertz CT molecular complexity index is 327. The van der Waals surface area contributed by atoms with E-state index in [2.05, 4.69) is 19.9 Å². The molecule has 4 nitrogen and oxygen atoms in total. The molecule has 0 aliphatic rings. The average molecular weight is 160 g/mol. The highest BCUT2D eigenvalue weighted by Gasteiger charge is 1.97. The number of aromatic amines is 1. The normalized spacial score (nSPS) is 10.0. The zero-order valence-electron chi connectivity index (χ0n) is 6.44. The standard InChI is InChI=1S/C8H8N4/c1-2-10-7(6-9-1)5-8-11-3-4-12-8/h1-4,6H,5H2,(H,11,12). The molecule has 0 unspecified atom stereocenters. The molecule has 0 bridgehead atoms. The third kappa shape index (κ3) is 1.47. The highest BCUT2D eigenvalue weighted by Crippen LogP contribution is 1.98. The molecule has 0 aromatic carbocycles. The molecule has 2 heterocycles. The van der Waals surface area contributed by atoms with Crippen LogP contribution < -0.4 is 0 Å². The molecule has 0 aliphatic heterocycles. The van der Waals surface area contributed by atoms with Crippen LogP contribution in [0.5, 0.6) is 0 Å². The summed E-state index contributed by atoms with van der Waals surface area (Å²) in [5.41, 5.74) is 0.924. The van der Waals surface area contributed by atoms with Crippen LogP contribution in [0.15, 0.2) is 31.0 Å². The molecular weight excluding hydrogens is 152 g/mol. The van der Waals surface area contributed by atoms with Crippen LogP contribution in [0.1, 0.15) is 11.5 Å². The molecule has 0 saturated heterocycles. The Balaban J connectivity index is 2.15. The van der Waals surface area contributed by atoms with Gasteiger partial charge in [0.1, 0.15) is 5.82 Å². The van der Waals surface area contributed by atoms with Crippen molar-refractivity contribution >= 4 is 0 Å². The molecule has 2 aromatic heterocycles. The predicted molar refractivity (Wildman–Crippen MR) is 43.4 cm³/mol. The fourth-order valence-electron chi connectivity index (χ4n) is 0.987. The summed E-state index contributed by atoms with van der Waals surface area (Å²) in [4.78, 5) is 15.2. The molecule has 60 valence electrons. The van der Waals surface area contributed by atoms with Crippen LogP contribution in [0.3, 0.4) is 0 Å². The van der Waals surface area contributed by atoms with Crippen molar-refractivity contribution in [1.29, 1.82) is 0 Å². The molecule has 0 saturated carbocycles. The second kappa shape index (κ2) is 3.13. The fourth-order valence-corrected chi connectivity index (χ4v) is 0.987. The van der Waals surface area contributed by atoms with Crippen molar-refractivity contribution in [1.82, 2.24) is 19.9 Å². The Morgan fingerprint density at radius 2 is 2.17 bits per heavy atom. The highest BCUT2D eigenvalue weighted by atomic mass is 14.9. The monoisotopic (exact) mass is 160 g/mol. The number of nitrogens with one attached hydrogen (secondary N) is 1. The quantitative estimate of drug-likeness (QED) is 0.706. The molecule has 12 heavy (non-hydrogen) atoms. The topological polar surface area (TPSA) is 54.5 Å². The lowest BCUT2D eigenvalue weighted by Crippen LogP contribution is -1.93. The highest BCUT2D eigenvalue weighted by molar-refractivity contribution is 5.04. The van der Waals surface area contributed by atoms with Gasteiger partial charge in [0.15, 0.2) is 0 Å². The lowest BCUT2D eigenvalue weighted by Gasteiger charge is -1.94. The lowest BCUT2D eigenvalue weighted by molar-refractivity contribution is 0.957. The molecule has 0 radical (unpaired) electrons. The number of H-pyrrole nitrogens is 1. The SMILES string of the molecule is c1cnc(Cc2ncc[nH]2)cn1. The van der Waals surface area contributed by atoms with Crippen molar-refractivity contribution < 1.29 is 0 Å². The molecule has 2 rings (SSSR count). The van der Waals surface area contributed by atoms with Crippen molar-refractivity contribution in [3.63, 3.8) is 0 Å².